The lowest BCUT2D eigenvalue weighted by atomic mass is 9.83. The minimum absolute atomic E-state index is 0.0156. The number of allylic oxidation sites excluding steroid dienone is 1. The van der Waals surface area contributed by atoms with Gasteiger partial charge in [-0.15, -0.1) is 5.10 Å². The van der Waals surface area contributed by atoms with Crippen molar-refractivity contribution in [1.82, 2.24) is 15.2 Å². The Morgan fingerprint density at radius 1 is 1.17 bits per heavy atom. The Morgan fingerprint density at radius 2 is 1.90 bits per heavy atom. The summed E-state index contributed by atoms with van der Waals surface area (Å²) < 4.78 is 22.0. The number of nitrogens with one attached hydrogen (secondary N) is 1. The summed E-state index contributed by atoms with van der Waals surface area (Å²) in [6, 6.07) is 9.43. The first-order valence-electron chi connectivity index (χ1n) is 8.99. The van der Waals surface area contributed by atoms with Crippen molar-refractivity contribution < 1.29 is 18.9 Å². The van der Waals surface area contributed by atoms with Gasteiger partial charge in [-0.3, -0.25) is 10.1 Å². The number of hydrogen-bond donors (Lipinski definition) is 2. The third-order valence-electron chi connectivity index (χ3n) is 4.91. The molecule has 1 aromatic carbocycles. The lowest BCUT2D eigenvalue weighted by Gasteiger charge is -2.24. The van der Waals surface area contributed by atoms with Crippen molar-refractivity contribution in [3.8, 4) is 40.5 Å². The highest BCUT2D eigenvalue weighted by Crippen LogP contribution is 2.48. The second-order valence-corrected chi connectivity index (χ2v) is 6.44. The van der Waals surface area contributed by atoms with Gasteiger partial charge in [-0.25, -0.2) is 0 Å². The number of nitrogens with two attached hydrogens (primary N) is 1. The van der Waals surface area contributed by atoms with Crippen LogP contribution in [-0.2, 0) is 0 Å². The molecule has 1 aliphatic heterocycles. The van der Waals surface area contributed by atoms with Crippen molar-refractivity contribution in [2.45, 2.75) is 5.92 Å². The Bertz CT molecular complexity index is 1140. The second kappa shape index (κ2) is 7.67. The number of aromatic nitrogens is 3. The van der Waals surface area contributed by atoms with E-state index in [4.69, 9.17) is 24.7 Å². The standard InChI is InChI=1S/C21H19N5O4/c1-27-14-7-12(8-15(28-2)19(14)29-3)18-17-16(11-5-4-6-24-10-11)13(9-22)20(23)30-21(17)26-25-18/h4-8,10,16H,23H2,1-3H3,(H,25,26). The van der Waals surface area contributed by atoms with Crippen LogP contribution in [0.2, 0.25) is 0 Å². The summed E-state index contributed by atoms with van der Waals surface area (Å²) in [5.41, 5.74) is 9.11. The number of hydrogen-bond acceptors (Lipinski definition) is 8. The van der Waals surface area contributed by atoms with Gasteiger partial charge in [0.2, 0.25) is 17.5 Å². The maximum absolute atomic E-state index is 9.77. The zero-order valence-corrected chi connectivity index (χ0v) is 16.6. The molecule has 3 aromatic rings. The Hall–Kier alpha value is -4.19. The molecule has 1 aliphatic rings. The molecule has 30 heavy (non-hydrogen) atoms. The molecule has 0 bridgehead atoms. The topological polar surface area (TPSA) is 128 Å². The van der Waals surface area contributed by atoms with Crippen LogP contribution in [0, 0.1) is 11.3 Å². The Labute approximate surface area is 172 Å². The fourth-order valence-corrected chi connectivity index (χ4v) is 3.57. The van der Waals surface area contributed by atoms with E-state index in [-0.39, 0.29) is 11.5 Å². The van der Waals surface area contributed by atoms with E-state index in [2.05, 4.69) is 21.3 Å². The van der Waals surface area contributed by atoms with E-state index >= 15 is 0 Å². The molecule has 0 aliphatic carbocycles. The monoisotopic (exact) mass is 405 g/mol. The molecule has 4 rings (SSSR count). The van der Waals surface area contributed by atoms with E-state index in [0.717, 1.165) is 5.56 Å². The van der Waals surface area contributed by atoms with Crippen LogP contribution in [0.5, 0.6) is 23.1 Å². The largest absolute Gasteiger partial charge is 0.493 e. The molecule has 1 unspecified atom stereocenters. The van der Waals surface area contributed by atoms with Crippen LogP contribution >= 0.6 is 0 Å². The van der Waals surface area contributed by atoms with Gasteiger partial charge >= 0.3 is 0 Å². The third-order valence-corrected chi connectivity index (χ3v) is 4.91. The molecular formula is C21H19N5O4. The van der Waals surface area contributed by atoms with Crippen LogP contribution in [0.4, 0.5) is 0 Å². The SMILES string of the molecule is COc1cc(-c2[nH]nc3c2C(c2cccnc2)C(C#N)=C(N)O3)cc(OC)c1OC. The van der Waals surface area contributed by atoms with Crippen molar-refractivity contribution in [3.63, 3.8) is 0 Å². The van der Waals surface area contributed by atoms with Crippen molar-refractivity contribution >= 4 is 0 Å². The molecule has 3 heterocycles. The van der Waals surface area contributed by atoms with Gasteiger partial charge in [0.1, 0.15) is 11.6 Å². The van der Waals surface area contributed by atoms with Gasteiger partial charge in [0.15, 0.2) is 11.5 Å². The lowest BCUT2D eigenvalue weighted by Crippen LogP contribution is -2.21. The molecule has 0 saturated heterocycles. The molecule has 3 N–H and O–H groups in total. The number of rotatable bonds is 5. The number of fused-ring (bicyclic) bond motifs is 1. The number of ether oxygens (including phenoxy) is 4. The number of benzene rings is 1. The van der Waals surface area contributed by atoms with E-state index in [0.29, 0.717) is 39.9 Å². The highest BCUT2D eigenvalue weighted by molar-refractivity contribution is 5.75. The molecule has 9 nitrogen and oxygen atoms in total. The van der Waals surface area contributed by atoms with Gasteiger partial charge in [-0.05, 0) is 23.8 Å². The smallest absolute Gasteiger partial charge is 0.244 e. The molecule has 0 spiro atoms. The number of H-pyrrole nitrogens is 1. The summed E-state index contributed by atoms with van der Waals surface area (Å²) in [4.78, 5) is 4.19. The summed E-state index contributed by atoms with van der Waals surface area (Å²) in [5.74, 6) is 1.26. The first kappa shape index (κ1) is 19.1. The van der Waals surface area contributed by atoms with Gasteiger partial charge in [0.25, 0.3) is 0 Å². The average molecular weight is 405 g/mol. The molecule has 152 valence electrons. The Kier molecular flexibility index (Phi) is 4.90. The van der Waals surface area contributed by atoms with Gasteiger partial charge < -0.3 is 24.7 Å². The van der Waals surface area contributed by atoms with Crippen LogP contribution in [0.3, 0.4) is 0 Å². The fraction of sp³-hybridized carbons (Fsp3) is 0.190. The van der Waals surface area contributed by atoms with Gasteiger partial charge in [-0.2, -0.15) is 5.26 Å². The Balaban J connectivity index is 1.95. The predicted octanol–water partition coefficient (Wildman–Crippen LogP) is 2.72. The average Bonchev–Trinajstić information content (AvgIpc) is 3.20. The van der Waals surface area contributed by atoms with Crippen LogP contribution in [0.25, 0.3) is 11.3 Å². The fourth-order valence-electron chi connectivity index (χ4n) is 3.57. The minimum Gasteiger partial charge on any atom is -0.493 e. The summed E-state index contributed by atoms with van der Waals surface area (Å²) in [7, 11) is 4.63. The van der Waals surface area contributed by atoms with E-state index in [1.165, 1.54) is 7.11 Å². The third kappa shape index (κ3) is 2.95. The molecule has 0 saturated carbocycles. The molecule has 2 aromatic heterocycles. The molecule has 0 radical (unpaired) electrons. The van der Waals surface area contributed by atoms with E-state index in [1.807, 2.05) is 6.07 Å². The van der Waals surface area contributed by atoms with Gasteiger partial charge in [-0.1, -0.05) is 6.07 Å². The van der Waals surface area contributed by atoms with Crippen LogP contribution in [-0.4, -0.2) is 36.5 Å². The van der Waals surface area contributed by atoms with Crippen molar-refractivity contribution in [3.05, 3.63) is 59.2 Å². The molecule has 0 fully saturated rings. The lowest BCUT2D eigenvalue weighted by molar-refractivity contribution is 0.324. The summed E-state index contributed by atoms with van der Waals surface area (Å²) >= 11 is 0. The highest BCUT2D eigenvalue weighted by atomic mass is 16.5. The zero-order chi connectivity index (χ0) is 21.3. The molecule has 1 atom stereocenters. The maximum Gasteiger partial charge on any atom is 0.244 e. The number of nitrogens with zero attached hydrogens (tertiary/aromatic N) is 3. The highest BCUT2D eigenvalue weighted by Gasteiger charge is 2.36. The number of pyridine rings is 1. The van der Waals surface area contributed by atoms with Crippen molar-refractivity contribution in [1.29, 1.82) is 5.26 Å². The number of aromatic amines is 1. The molecular weight excluding hydrogens is 386 g/mol. The quantitative estimate of drug-likeness (QED) is 0.663. The first-order valence-corrected chi connectivity index (χ1v) is 8.99. The zero-order valence-electron chi connectivity index (χ0n) is 16.6. The van der Waals surface area contributed by atoms with E-state index in [1.54, 1.807) is 44.8 Å². The molecule has 9 heteroatoms. The van der Waals surface area contributed by atoms with E-state index < -0.39 is 5.92 Å². The first-order chi connectivity index (χ1) is 14.6. The molecule has 0 amide bonds. The summed E-state index contributed by atoms with van der Waals surface area (Å²) in [5, 5.41) is 17.1. The summed E-state index contributed by atoms with van der Waals surface area (Å²) in [6.45, 7) is 0. The normalized spacial score (nSPS) is 15.1. The van der Waals surface area contributed by atoms with Crippen molar-refractivity contribution in [2.75, 3.05) is 21.3 Å². The van der Waals surface area contributed by atoms with Crippen LogP contribution in [0.1, 0.15) is 17.0 Å². The van der Waals surface area contributed by atoms with Crippen LogP contribution in [0.15, 0.2) is 48.1 Å². The van der Waals surface area contributed by atoms with Crippen molar-refractivity contribution in [2.24, 2.45) is 5.73 Å². The number of methoxy groups -OCH3 is 3. The maximum atomic E-state index is 9.77. The summed E-state index contributed by atoms with van der Waals surface area (Å²) in [6.07, 6.45) is 3.36. The van der Waals surface area contributed by atoms with Gasteiger partial charge in [0, 0.05) is 18.0 Å². The Morgan fingerprint density at radius 3 is 2.47 bits per heavy atom. The minimum atomic E-state index is -0.500. The predicted molar refractivity (Wildman–Crippen MR) is 107 cm³/mol. The van der Waals surface area contributed by atoms with Crippen LogP contribution < -0.4 is 24.7 Å². The van der Waals surface area contributed by atoms with E-state index in [9.17, 15) is 5.26 Å². The van der Waals surface area contributed by atoms with Gasteiger partial charge in [0.05, 0.1) is 38.5 Å². The number of nitriles is 1. The second-order valence-electron chi connectivity index (χ2n) is 6.44.